The number of quaternary nitrogens is 1. The molecule has 0 radical (unpaired) electrons. The molecule has 0 spiro atoms. The molecule has 7 N–H and O–H groups in total. The molecular formula is C13H21N4O6S+. The van der Waals surface area contributed by atoms with Crippen molar-refractivity contribution in [3.05, 3.63) is 0 Å². The number of carboxylic acid groups (broad SMARTS) is 2. The largest absolute Gasteiger partial charge is 0.480 e. The number of rotatable bonds is 12. The number of carbonyl (C=O) groups excluding carboxylic acids is 2. The molecule has 0 fully saturated rings. The summed E-state index contributed by atoms with van der Waals surface area (Å²) in [5.41, 5.74) is 3.38. The van der Waals surface area contributed by atoms with Crippen molar-refractivity contribution < 1.29 is 35.1 Å². The van der Waals surface area contributed by atoms with Crippen molar-refractivity contribution in [2.75, 3.05) is 18.1 Å². The summed E-state index contributed by atoms with van der Waals surface area (Å²) in [6, 6.07) is 0.0511. The molecule has 2 unspecified atom stereocenters. The second kappa shape index (κ2) is 12.1. The number of hydrogen-bond acceptors (Lipinski definition) is 6. The van der Waals surface area contributed by atoms with Crippen LogP contribution in [0.15, 0.2) is 0 Å². The standard InChI is InChI=1S/C13H20N4O6S/c14-4-1-5-24-7-9(12(21)16-6-11(19)20)17-10(18)3-2-8(15)13(22)23/h8-9H,1-3,5-7,15H2,(H,16,21)(H,17,18)(H,19,20)(H,22,23)/p+1. The van der Waals surface area contributed by atoms with Crippen molar-refractivity contribution in [1.29, 1.82) is 5.26 Å². The molecule has 0 saturated carbocycles. The highest BCUT2D eigenvalue weighted by atomic mass is 32.2. The number of carbonyl (C=O) groups is 4. The Hall–Kier alpha value is -2.32. The molecule has 2 atom stereocenters. The summed E-state index contributed by atoms with van der Waals surface area (Å²) in [5, 5.41) is 30.4. The van der Waals surface area contributed by atoms with Crippen LogP contribution in [0.4, 0.5) is 0 Å². The van der Waals surface area contributed by atoms with E-state index < -0.39 is 42.4 Å². The van der Waals surface area contributed by atoms with Crippen LogP contribution in [0.25, 0.3) is 0 Å². The second-order valence-corrected chi connectivity index (χ2v) is 5.94. The first-order valence-electron chi connectivity index (χ1n) is 7.07. The third-order valence-corrected chi connectivity index (χ3v) is 3.84. The maximum absolute atomic E-state index is 11.9. The molecule has 0 aliphatic carbocycles. The van der Waals surface area contributed by atoms with E-state index >= 15 is 0 Å². The zero-order valence-electron chi connectivity index (χ0n) is 13.0. The Morgan fingerprint density at radius 2 is 1.92 bits per heavy atom. The Kier molecular flexibility index (Phi) is 11.0. The summed E-state index contributed by atoms with van der Waals surface area (Å²) >= 11 is 1.27. The normalized spacial score (nSPS) is 12.5. The highest BCUT2D eigenvalue weighted by molar-refractivity contribution is 7.99. The van der Waals surface area contributed by atoms with E-state index in [-0.39, 0.29) is 25.0 Å². The van der Waals surface area contributed by atoms with E-state index in [0.29, 0.717) is 5.75 Å². The summed E-state index contributed by atoms with van der Waals surface area (Å²) in [6.07, 6.45) is 0.183. The average Bonchev–Trinajstić information content (AvgIpc) is 2.52. The van der Waals surface area contributed by atoms with Crippen molar-refractivity contribution in [3.8, 4) is 6.07 Å². The molecule has 0 saturated heterocycles. The van der Waals surface area contributed by atoms with Gasteiger partial charge in [-0.3, -0.25) is 14.4 Å². The molecule has 0 aliphatic heterocycles. The molecule has 10 nitrogen and oxygen atoms in total. The fourth-order valence-corrected chi connectivity index (χ4v) is 2.36. The molecule has 11 heteroatoms. The number of thioether (sulfide) groups is 1. The highest BCUT2D eigenvalue weighted by Gasteiger charge is 2.23. The molecule has 24 heavy (non-hydrogen) atoms. The molecule has 134 valence electrons. The van der Waals surface area contributed by atoms with Crippen molar-refractivity contribution in [2.45, 2.75) is 31.3 Å². The van der Waals surface area contributed by atoms with Crippen molar-refractivity contribution >= 4 is 35.5 Å². The molecule has 0 heterocycles. The van der Waals surface area contributed by atoms with Gasteiger partial charge in [-0.2, -0.15) is 17.0 Å². The van der Waals surface area contributed by atoms with Crippen LogP contribution in [0.2, 0.25) is 0 Å². The Labute approximate surface area is 142 Å². The van der Waals surface area contributed by atoms with Gasteiger partial charge in [-0.25, -0.2) is 4.79 Å². The number of nitriles is 1. The van der Waals surface area contributed by atoms with Gasteiger partial charge in [0.25, 0.3) is 0 Å². The number of aliphatic carboxylic acids is 2. The second-order valence-electron chi connectivity index (χ2n) is 4.79. The van der Waals surface area contributed by atoms with Crippen molar-refractivity contribution in [1.82, 2.24) is 10.6 Å². The molecule has 0 aliphatic rings. The fraction of sp³-hybridized carbons (Fsp3) is 0.615. The van der Waals surface area contributed by atoms with E-state index in [9.17, 15) is 19.2 Å². The smallest absolute Gasteiger partial charge is 0.362 e. The minimum absolute atomic E-state index is 0.0200. The third kappa shape index (κ3) is 10.4. The molecule has 2 amide bonds. The van der Waals surface area contributed by atoms with E-state index in [1.165, 1.54) is 11.8 Å². The number of amides is 2. The Balaban J connectivity index is 4.52. The topological polar surface area (TPSA) is 184 Å². The van der Waals surface area contributed by atoms with Crippen LogP contribution in [-0.4, -0.2) is 64.1 Å². The zero-order valence-corrected chi connectivity index (χ0v) is 13.8. The van der Waals surface area contributed by atoms with Gasteiger partial charge in [0.15, 0.2) is 6.04 Å². The lowest BCUT2D eigenvalue weighted by atomic mass is 10.1. The van der Waals surface area contributed by atoms with Gasteiger partial charge in [0.2, 0.25) is 11.8 Å². The fourth-order valence-electron chi connectivity index (χ4n) is 1.48. The lowest BCUT2D eigenvalue weighted by Gasteiger charge is -2.17. The minimum atomic E-state index is -1.22. The van der Waals surface area contributed by atoms with Crippen LogP contribution in [0.3, 0.4) is 0 Å². The Morgan fingerprint density at radius 3 is 2.46 bits per heavy atom. The average molecular weight is 361 g/mol. The predicted octanol–water partition coefficient (Wildman–Crippen LogP) is -2.21. The van der Waals surface area contributed by atoms with Gasteiger partial charge < -0.3 is 26.6 Å². The third-order valence-electron chi connectivity index (χ3n) is 2.78. The van der Waals surface area contributed by atoms with E-state index in [1.807, 2.05) is 6.07 Å². The van der Waals surface area contributed by atoms with E-state index in [1.54, 1.807) is 0 Å². The first-order valence-corrected chi connectivity index (χ1v) is 8.22. The number of nitrogens with zero attached hydrogens (tertiary/aromatic N) is 1. The molecular weight excluding hydrogens is 340 g/mol. The Morgan fingerprint density at radius 1 is 1.25 bits per heavy atom. The predicted molar refractivity (Wildman–Crippen MR) is 83.7 cm³/mol. The summed E-state index contributed by atoms with van der Waals surface area (Å²) in [5.74, 6) is -2.88. The van der Waals surface area contributed by atoms with Crippen molar-refractivity contribution in [3.63, 3.8) is 0 Å². The molecule has 0 aromatic carbocycles. The lowest BCUT2D eigenvalue weighted by Crippen LogP contribution is -2.65. The van der Waals surface area contributed by atoms with Gasteiger partial charge in [0.05, 0.1) is 6.07 Å². The van der Waals surface area contributed by atoms with Crippen LogP contribution in [0, 0.1) is 11.3 Å². The SMILES string of the molecule is N#CCCSCC(NC(=O)CCC([NH3+])C(=O)O)C(=O)NCC(=O)O. The molecule has 0 rings (SSSR count). The minimum Gasteiger partial charge on any atom is -0.480 e. The van der Waals surface area contributed by atoms with E-state index in [2.05, 4.69) is 16.4 Å². The summed E-state index contributed by atoms with van der Waals surface area (Å²) in [6.45, 7) is -0.575. The van der Waals surface area contributed by atoms with Gasteiger partial charge in [0, 0.05) is 30.8 Å². The summed E-state index contributed by atoms with van der Waals surface area (Å²) < 4.78 is 0. The Bertz CT molecular complexity index is 507. The highest BCUT2D eigenvalue weighted by Crippen LogP contribution is 2.06. The first-order chi connectivity index (χ1) is 11.3. The van der Waals surface area contributed by atoms with Crippen LogP contribution >= 0.6 is 11.8 Å². The lowest BCUT2D eigenvalue weighted by molar-refractivity contribution is -0.408. The van der Waals surface area contributed by atoms with Gasteiger partial charge in [-0.15, -0.1) is 0 Å². The maximum Gasteiger partial charge on any atom is 0.362 e. The van der Waals surface area contributed by atoms with Gasteiger partial charge >= 0.3 is 11.9 Å². The monoisotopic (exact) mass is 361 g/mol. The van der Waals surface area contributed by atoms with E-state index in [4.69, 9.17) is 15.5 Å². The maximum atomic E-state index is 11.9. The first kappa shape index (κ1) is 21.7. The van der Waals surface area contributed by atoms with Crippen molar-refractivity contribution in [2.24, 2.45) is 0 Å². The van der Waals surface area contributed by atoms with Crippen LogP contribution < -0.4 is 16.4 Å². The summed E-state index contributed by atoms with van der Waals surface area (Å²) in [7, 11) is 0. The molecule has 0 bridgehead atoms. The van der Waals surface area contributed by atoms with Gasteiger partial charge in [-0.1, -0.05) is 0 Å². The molecule has 0 aromatic rings. The number of nitrogens with one attached hydrogen (secondary N) is 2. The van der Waals surface area contributed by atoms with Crippen LogP contribution in [-0.2, 0) is 19.2 Å². The van der Waals surface area contributed by atoms with Crippen LogP contribution in [0.5, 0.6) is 0 Å². The zero-order chi connectivity index (χ0) is 18.5. The molecule has 0 aromatic heterocycles. The number of hydrogen-bond donors (Lipinski definition) is 5. The quantitative estimate of drug-likeness (QED) is 0.242. The van der Waals surface area contributed by atoms with Gasteiger partial charge in [-0.05, 0) is 0 Å². The van der Waals surface area contributed by atoms with Gasteiger partial charge in [0.1, 0.15) is 12.6 Å². The summed E-state index contributed by atoms with van der Waals surface area (Å²) in [4.78, 5) is 44.9. The van der Waals surface area contributed by atoms with E-state index in [0.717, 1.165) is 0 Å². The van der Waals surface area contributed by atoms with Crippen LogP contribution in [0.1, 0.15) is 19.3 Å². The number of carboxylic acids is 2.